The van der Waals surface area contributed by atoms with E-state index in [1.807, 2.05) is 34.9 Å². The van der Waals surface area contributed by atoms with E-state index in [2.05, 4.69) is 15.3 Å². The first-order chi connectivity index (χ1) is 13.7. The average Bonchev–Trinajstić information content (AvgIpc) is 3.33. The van der Waals surface area contributed by atoms with E-state index in [0.29, 0.717) is 28.7 Å². The average molecular weight is 376 g/mol. The Hall–Kier alpha value is -3.94. The lowest BCUT2D eigenvalue weighted by molar-refractivity contribution is 0.174. The first-order valence-corrected chi connectivity index (χ1v) is 8.60. The molecule has 8 heteroatoms. The van der Waals surface area contributed by atoms with Crippen LogP contribution < -0.4 is 19.5 Å². The fraction of sp³-hybridized carbons (Fsp3) is 0.100. The molecule has 0 unspecified atom stereocenters. The maximum atomic E-state index is 9.91. The van der Waals surface area contributed by atoms with Gasteiger partial charge in [0.25, 0.3) is 0 Å². The van der Waals surface area contributed by atoms with E-state index in [1.165, 1.54) is 7.11 Å². The van der Waals surface area contributed by atoms with Crippen molar-refractivity contribution in [3.8, 4) is 34.3 Å². The third-order valence-electron chi connectivity index (χ3n) is 4.49. The van der Waals surface area contributed by atoms with Crippen LogP contribution in [-0.4, -0.2) is 33.4 Å². The topological polar surface area (TPSA) is 90.1 Å². The van der Waals surface area contributed by atoms with Crippen LogP contribution in [0.3, 0.4) is 0 Å². The summed E-state index contributed by atoms with van der Waals surface area (Å²) in [4.78, 5) is 8.99. The van der Waals surface area contributed by atoms with Crippen molar-refractivity contribution in [2.45, 2.75) is 0 Å². The number of ether oxygens (including phenoxy) is 3. The minimum absolute atomic E-state index is 0.0680. The first kappa shape index (κ1) is 16.2. The molecule has 0 saturated carbocycles. The molecule has 8 nitrogen and oxygen atoms in total. The monoisotopic (exact) mass is 376 g/mol. The smallest absolute Gasteiger partial charge is 0.235 e. The number of phenolic OH excluding ortho intramolecular Hbond substituents is 1. The minimum Gasteiger partial charge on any atom is -0.504 e. The summed E-state index contributed by atoms with van der Waals surface area (Å²) < 4.78 is 17.9. The van der Waals surface area contributed by atoms with Crippen molar-refractivity contribution in [1.29, 1.82) is 0 Å². The van der Waals surface area contributed by atoms with Crippen molar-refractivity contribution in [2.24, 2.45) is 0 Å². The molecule has 0 aliphatic carbocycles. The van der Waals surface area contributed by atoms with E-state index < -0.39 is 0 Å². The molecule has 0 bridgehead atoms. The summed E-state index contributed by atoms with van der Waals surface area (Å²) in [6.07, 6.45) is 3.57. The number of methoxy groups -OCH3 is 1. The van der Waals surface area contributed by atoms with Crippen LogP contribution in [0.4, 0.5) is 11.5 Å². The lowest BCUT2D eigenvalue weighted by atomic mass is 10.1. The molecule has 5 rings (SSSR count). The van der Waals surface area contributed by atoms with Gasteiger partial charge in [-0.15, -0.1) is 0 Å². The van der Waals surface area contributed by atoms with Crippen LogP contribution >= 0.6 is 0 Å². The zero-order chi connectivity index (χ0) is 19.1. The molecule has 2 aromatic heterocycles. The van der Waals surface area contributed by atoms with Gasteiger partial charge in [0.2, 0.25) is 12.6 Å². The zero-order valence-electron chi connectivity index (χ0n) is 14.9. The highest BCUT2D eigenvalue weighted by molar-refractivity contribution is 5.80. The second-order valence-electron chi connectivity index (χ2n) is 6.18. The SMILES string of the molecule is COc1cc(-c2nc3ncccn3c2Nc2ccc3c(c2)OCO3)ccc1O. The predicted molar refractivity (Wildman–Crippen MR) is 102 cm³/mol. The van der Waals surface area contributed by atoms with Gasteiger partial charge in [0.15, 0.2) is 23.0 Å². The molecule has 0 radical (unpaired) electrons. The van der Waals surface area contributed by atoms with Crippen molar-refractivity contribution in [1.82, 2.24) is 14.4 Å². The van der Waals surface area contributed by atoms with Gasteiger partial charge >= 0.3 is 0 Å². The standard InChI is InChI=1S/C20H16N4O4/c1-26-16-9-12(3-5-14(16)25)18-19(24-8-2-7-21-20(24)23-18)22-13-4-6-15-17(10-13)28-11-27-15/h2-10,22,25H,11H2,1H3. The molecule has 0 fully saturated rings. The summed E-state index contributed by atoms with van der Waals surface area (Å²) in [6, 6.07) is 12.6. The Morgan fingerprint density at radius 3 is 2.93 bits per heavy atom. The number of nitrogens with zero attached hydrogens (tertiary/aromatic N) is 3. The number of fused-ring (bicyclic) bond motifs is 2. The van der Waals surface area contributed by atoms with Crippen molar-refractivity contribution in [3.63, 3.8) is 0 Å². The molecule has 0 saturated heterocycles. The van der Waals surface area contributed by atoms with Gasteiger partial charge in [-0.05, 0) is 36.4 Å². The summed E-state index contributed by atoms with van der Waals surface area (Å²) in [5.41, 5.74) is 2.28. The fourth-order valence-electron chi connectivity index (χ4n) is 3.14. The van der Waals surface area contributed by atoms with Crippen LogP contribution in [-0.2, 0) is 0 Å². The van der Waals surface area contributed by atoms with Crippen molar-refractivity contribution in [3.05, 3.63) is 54.9 Å². The number of aromatic nitrogens is 3. The lowest BCUT2D eigenvalue weighted by Gasteiger charge is -2.10. The minimum atomic E-state index is 0.0680. The summed E-state index contributed by atoms with van der Waals surface area (Å²) in [7, 11) is 1.51. The third kappa shape index (κ3) is 2.62. The van der Waals surface area contributed by atoms with Gasteiger partial charge in [0.05, 0.1) is 7.11 Å². The van der Waals surface area contributed by atoms with Crippen molar-refractivity contribution in [2.75, 3.05) is 19.2 Å². The second kappa shape index (κ2) is 6.34. The number of rotatable bonds is 4. The third-order valence-corrected chi connectivity index (χ3v) is 4.49. The maximum Gasteiger partial charge on any atom is 0.235 e. The quantitative estimate of drug-likeness (QED) is 0.563. The molecule has 28 heavy (non-hydrogen) atoms. The number of aromatic hydroxyl groups is 1. The van der Waals surface area contributed by atoms with E-state index in [-0.39, 0.29) is 12.5 Å². The molecule has 3 heterocycles. The Morgan fingerprint density at radius 2 is 2.04 bits per heavy atom. The van der Waals surface area contributed by atoms with E-state index in [0.717, 1.165) is 17.1 Å². The van der Waals surface area contributed by atoms with Gasteiger partial charge in [-0.2, -0.15) is 0 Å². The number of benzene rings is 2. The summed E-state index contributed by atoms with van der Waals surface area (Å²) in [5.74, 6) is 3.12. The Bertz CT molecular complexity index is 1190. The lowest BCUT2D eigenvalue weighted by Crippen LogP contribution is -1.97. The second-order valence-corrected chi connectivity index (χ2v) is 6.18. The van der Waals surface area contributed by atoms with Gasteiger partial charge < -0.3 is 24.6 Å². The van der Waals surface area contributed by atoms with Crippen molar-refractivity contribution >= 4 is 17.3 Å². The Labute approximate surface area is 160 Å². The summed E-state index contributed by atoms with van der Waals surface area (Å²) >= 11 is 0. The summed E-state index contributed by atoms with van der Waals surface area (Å²) in [5, 5.41) is 13.3. The molecule has 2 aromatic carbocycles. The molecule has 1 aliphatic rings. The fourth-order valence-corrected chi connectivity index (χ4v) is 3.14. The highest BCUT2D eigenvalue weighted by Gasteiger charge is 2.18. The Balaban J connectivity index is 1.64. The van der Waals surface area contributed by atoms with Crippen LogP contribution in [0, 0.1) is 0 Å². The summed E-state index contributed by atoms with van der Waals surface area (Å²) in [6.45, 7) is 0.219. The van der Waals surface area contributed by atoms with Gasteiger partial charge in [0, 0.05) is 29.7 Å². The molecular weight excluding hydrogens is 360 g/mol. The molecule has 2 N–H and O–H groups in total. The molecule has 140 valence electrons. The molecule has 1 aliphatic heterocycles. The van der Waals surface area contributed by atoms with E-state index in [4.69, 9.17) is 14.2 Å². The Morgan fingerprint density at radius 1 is 1.14 bits per heavy atom. The largest absolute Gasteiger partial charge is 0.504 e. The van der Waals surface area contributed by atoms with Crippen LogP contribution in [0.5, 0.6) is 23.0 Å². The van der Waals surface area contributed by atoms with E-state index in [9.17, 15) is 5.11 Å². The number of hydrogen-bond acceptors (Lipinski definition) is 7. The van der Waals surface area contributed by atoms with Crippen LogP contribution in [0.15, 0.2) is 54.9 Å². The highest BCUT2D eigenvalue weighted by atomic mass is 16.7. The maximum absolute atomic E-state index is 9.91. The molecule has 0 spiro atoms. The molecule has 4 aromatic rings. The van der Waals surface area contributed by atoms with Gasteiger partial charge in [0.1, 0.15) is 11.5 Å². The zero-order valence-corrected chi connectivity index (χ0v) is 14.9. The molecule has 0 amide bonds. The van der Waals surface area contributed by atoms with E-state index in [1.54, 1.807) is 24.4 Å². The number of phenols is 1. The van der Waals surface area contributed by atoms with Gasteiger partial charge in [-0.1, -0.05) is 0 Å². The van der Waals surface area contributed by atoms with Gasteiger partial charge in [-0.3, -0.25) is 4.40 Å². The van der Waals surface area contributed by atoms with Crippen LogP contribution in [0.2, 0.25) is 0 Å². The number of anilines is 2. The van der Waals surface area contributed by atoms with Crippen molar-refractivity contribution < 1.29 is 19.3 Å². The van der Waals surface area contributed by atoms with E-state index >= 15 is 0 Å². The number of nitrogens with one attached hydrogen (secondary N) is 1. The molecule has 0 atom stereocenters. The van der Waals surface area contributed by atoms with Gasteiger partial charge in [-0.25, -0.2) is 9.97 Å². The number of hydrogen-bond donors (Lipinski definition) is 2. The Kier molecular flexibility index (Phi) is 3.68. The predicted octanol–water partition coefficient (Wildman–Crippen LogP) is 3.58. The normalized spacial score (nSPS) is 12.3. The van der Waals surface area contributed by atoms with Crippen LogP contribution in [0.1, 0.15) is 0 Å². The highest BCUT2D eigenvalue weighted by Crippen LogP contribution is 2.38. The molecular formula is C20H16N4O4. The first-order valence-electron chi connectivity index (χ1n) is 8.60. The van der Waals surface area contributed by atoms with Crippen LogP contribution in [0.25, 0.3) is 17.0 Å². The number of imidazole rings is 1.